The Hall–Kier alpha value is -0.420. The third-order valence-electron chi connectivity index (χ3n) is 5.32. The quantitative estimate of drug-likeness (QED) is 0.877. The lowest BCUT2D eigenvalue weighted by molar-refractivity contribution is 0.0699. The van der Waals surface area contributed by atoms with Gasteiger partial charge in [0.25, 0.3) is 0 Å². The van der Waals surface area contributed by atoms with Crippen molar-refractivity contribution in [2.24, 2.45) is 5.73 Å². The fourth-order valence-corrected chi connectivity index (χ4v) is 4.40. The summed E-state index contributed by atoms with van der Waals surface area (Å²) in [4.78, 5) is 6.62. The van der Waals surface area contributed by atoms with E-state index in [0.29, 0.717) is 6.04 Å². The van der Waals surface area contributed by atoms with Gasteiger partial charge in [0, 0.05) is 23.0 Å². The average molecular weight is 310 g/mol. The number of rotatable bonds is 6. The van der Waals surface area contributed by atoms with Crippen LogP contribution in [0.5, 0.6) is 0 Å². The highest BCUT2D eigenvalue weighted by Crippen LogP contribution is 2.30. The van der Waals surface area contributed by atoms with Crippen molar-refractivity contribution in [2.75, 3.05) is 33.2 Å². The minimum absolute atomic E-state index is 0.181. The first kappa shape index (κ1) is 16.9. The fraction of sp³-hybridized carbons (Fsp3) is 0.765. The van der Waals surface area contributed by atoms with Crippen molar-refractivity contribution in [1.29, 1.82) is 0 Å². The number of likely N-dealkylation sites (tertiary alicyclic amines) is 1. The molecule has 1 aromatic heterocycles. The molecule has 2 heterocycles. The van der Waals surface area contributed by atoms with E-state index in [-0.39, 0.29) is 5.54 Å². The highest BCUT2D eigenvalue weighted by molar-refractivity contribution is 7.09. The lowest BCUT2D eigenvalue weighted by Crippen LogP contribution is -2.56. The van der Waals surface area contributed by atoms with E-state index in [1.807, 2.05) is 11.3 Å². The van der Waals surface area contributed by atoms with Crippen LogP contribution in [0.3, 0.4) is 0 Å². The van der Waals surface area contributed by atoms with E-state index >= 15 is 0 Å². The second kappa shape index (κ2) is 7.73. The molecule has 2 atom stereocenters. The van der Waals surface area contributed by atoms with E-state index in [1.165, 1.54) is 37.2 Å². The summed E-state index contributed by atoms with van der Waals surface area (Å²) in [6, 6.07) is 4.94. The third-order valence-corrected chi connectivity index (χ3v) is 6.22. The Morgan fingerprint density at radius 3 is 2.86 bits per heavy atom. The van der Waals surface area contributed by atoms with Gasteiger partial charge in [0.05, 0.1) is 0 Å². The predicted octanol–water partition coefficient (Wildman–Crippen LogP) is 2.81. The summed E-state index contributed by atoms with van der Waals surface area (Å²) in [5.74, 6) is 0. The van der Waals surface area contributed by atoms with Gasteiger partial charge in [-0.15, -0.1) is 11.3 Å². The molecule has 2 rings (SSSR count). The lowest BCUT2D eigenvalue weighted by atomic mass is 9.87. The van der Waals surface area contributed by atoms with Crippen LogP contribution in [-0.4, -0.2) is 54.6 Å². The second-order valence-corrected chi connectivity index (χ2v) is 7.49. The maximum absolute atomic E-state index is 6.25. The largest absolute Gasteiger partial charge is 0.329 e. The van der Waals surface area contributed by atoms with Gasteiger partial charge in [-0.3, -0.25) is 4.90 Å². The van der Waals surface area contributed by atoms with Crippen molar-refractivity contribution in [1.82, 2.24) is 9.80 Å². The SMILES string of the molecule is CCN1CCCC(CN)(N(C)C(C)Cc2cccs2)CC1. The van der Waals surface area contributed by atoms with Crippen LogP contribution >= 0.6 is 11.3 Å². The van der Waals surface area contributed by atoms with Crippen LogP contribution in [0.2, 0.25) is 0 Å². The van der Waals surface area contributed by atoms with E-state index in [4.69, 9.17) is 5.73 Å². The van der Waals surface area contributed by atoms with E-state index < -0.39 is 0 Å². The molecule has 120 valence electrons. The van der Waals surface area contributed by atoms with Crippen LogP contribution in [0.1, 0.15) is 38.0 Å². The van der Waals surface area contributed by atoms with Gasteiger partial charge >= 0.3 is 0 Å². The van der Waals surface area contributed by atoms with Crippen molar-refractivity contribution in [3.8, 4) is 0 Å². The molecule has 0 amide bonds. The standard InChI is InChI=1S/C17H31N3S/c1-4-20-10-6-8-17(14-18,9-11-20)19(3)15(2)13-16-7-5-12-21-16/h5,7,12,15H,4,6,8-11,13-14,18H2,1-3H3. The van der Waals surface area contributed by atoms with Crippen molar-refractivity contribution < 1.29 is 0 Å². The first-order valence-corrected chi connectivity index (χ1v) is 9.17. The molecule has 2 N–H and O–H groups in total. The smallest absolute Gasteiger partial charge is 0.0344 e. The molecule has 2 unspecified atom stereocenters. The van der Waals surface area contributed by atoms with E-state index in [0.717, 1.165) is 19.5 Å². The molecule has 0 bridgehead atoms. The molecule has 0 aromatic carbocycles. The van der Waals surface area contributed by atoms with E-state index in [1.54, 1.807) is 0 Å². The maximum Gasteiger partial charge on any atom is 0.0344 e. The number of likely N-dealkylation sites (N-methyl/N-ethyl adjacent to an activating group) is 1. The first-order chi connectivity index (χ1) is 10.1. The van der Waals surface area contributed by atoms with Gasteiger partial charge < -0.3 is 10.6 Å². The highest BCUT2D eigenvalue weighted by atomic mass is 32.1. The summed E-state index contributed by atoms with van der Waals surface area (Å²) in [6.07, 6.45) is 4.82. The van der Waals surface area contributed by atoms with Crippen molar-refractivity contribution >= 4 is 11.3 Å². The fourth-order valence-electron chi connectivity index (χ4n) is 3.58. The minimum atomic E-state index is 0.181. The maximum atomic E-state index is 6.25. The zero-order valence-corrected chi connectivity index (χ0v) is 14.7. The molecule has 0 aliphatic carbocycles. The Labute approximate surface area is 134 Å². The first-order valence-electron chi connectivity index (χ1n) is 8.29. The number of nitrogens with zero attached hydrogens (tertiary/aromatic N) is 2. The van der Waals surface area contributed by atoms with Crippen LogP contribution in [0.4, 0.5) is 0 Å². The Morgan fingerprint density at radius 2 is 2.24 bits per heavy atom. The van der Waals surface area contributed by atoms with E-state index in [9.17, 15) is 0 Å². The highest BCUT2D eigenvalue weighted by Gasteiger charge is 2.37. The van der Waals surface area contributed by atoms with Crippen LogP contribution in [0.25, 0.3) is 0 Å². The average Bonchev–Trinajstić information content (AvgIpc) is 2.91. The molecular weight excluding hydrogens is 278 g/mol. The third kappa shape index (κ3) is 4.07. The van der Waals surface area contributed by atoms with Gasteiger partial charge in [-0.25, -0.2) is 0 Å². The predicted molar refractivity (Wildman–Crippen MR) is 93.0 cm³/mol. The molecule has 1 fully saturated rings. The van der Waals surface area contributed by atoms with E-state index in [2.05, 4.69) is 48.2 Å². The normalized spacial score (nSPS) is 26.0. The molecule has 0 radical (unpaired) electrons. The molecule has 3 nitrogen and oxygen atoms in total. The number of nitrogens with two attached hydrogens (primary N) is 1. The van der Waals surface area contributed by atoms with Gasteiger partial charge in [-0.2, -0.15) is 0 Å². The Kier molecular flexibility index (Phi) is 6.23. The van der Waals surface area contributed by atoms with Crippen LogP contribution in [-0.2, 0) is 6.42 Å². The molecule has 1 aliphatic rings. The Morgan fingerprint density at radius 1 is 1.43 bits per heavy atom. The lowest BCUT2D eigenvalue weighted by Gasteiger charge is -2.44. The van der Waals surface area contributed by atoms with Crippen LogP contribution < -0.4 is 5.73 Å². The zero-order valence-electron chi connectivity index (χ0n) is 13.8. The molecule has 1 aliphatic heterocycles. The van der Waals surface area contributed by atoms with Gasteiger partial charge in [0.2, 0.25) is 0 Å². The van der Waals surface area contributed by atoms with Crippen molar-refractivity contribution in [3.63, 3.8) is 0 Å². The number of hydrogen-bond acceptors (Lipinski definition) is 4. The van der Waals surface area contributed by atoms with Crippen LogP contribution in [0.15, 0.2) is 17.5 Å². The van der Waals surface area contributed by atoms with Gasteiger partial charge in [-0.1, -0.05) is 13.0 Å². The Balaban J connectivity index is 2.04. The Bertz CT molecular complexity index is 406. The molecular formula is C17H31N3S. The molecule has 0 saturated carbocycles. The van der Waals surface area contributed by atoms with Gasteiger partial charge in [-0.05, 0) is 70.7 Å². The van der Waals surface area contributed by atoms with Gasteiger partial charge in [0.1, 0.15) is 0 Å². The van der Waals surface area contributed by atoms with Crippen molar-refractivity contribution in [2.45, 2.75) is 51.1 Å². The second-order valence-electron chi connectivity index (χ2n) is 6.46. The molecule has 0 spiro atoms. The topological polar surface area (TPSA) is 32.5 Å². The summed E-state index contributed by atoms with van der Waals surface area (Å²) in [6.45, 7) is 8.96. The summed E-state index contributed by atoms with van der Waals surface area (Å²) in [5, 5.41) is 2.17. The number of thiophene rings is 1. The summed E-state index contributed by atoms with van der Waals surface area (Å²) in [7, 11) is 2.28. The molecule has 1 aromatic rings. The zero-order chi connectivity index (χ0) is 15.3. The molecule has 21 heavy (non-hydrogen) atoms. The minimum Gasteiger partial charge on any atom is -0.329 e. The van der Waals surface area contributed by atoms with Crippen LogP contribution in [0, 0.1) is 0 Å². The number of hydrogen-bond donors (Lipinski definition) is 1. The monoisotopic (exact) mass is 309 g/mol. The molecule has 1 saturated heterocycles. The summed E-state index contributed by atoms with van der Waals surface area (Å²) < 4.78 is 0. The summed E-state index contributed by atoms with van der Waals surface area (Å²) in [5.41, 5.74) is 6.43. The molecule has 4 heteroatoms. The van der Waals surface area contributed by atoms with Gasteiger partial charge in [0.15, 0.2) is 0 Å². The summed E-state index contributed by atoms with van der Waals surface area (Å²) >= 11 is 1.86. The van der Waals surface area contributed by atoms with Crippen molar-refractivity contribution in [3.05, 3.63) is 22.4 Å².